The lowest BCUT2D eigenvalue weighted by molar-refractivity contribution is 0.396. The standard InChI is InChI=1S/C18H17N3O/c1-13-7-6-10-16(19-13)18-20-15(12-17(21-18)22-2)11-14-8-4-3-5-9-14/h3-10,12H,11H2,1-2H3. The van der Waals surface area contributed by atoms with Gasteiger partial charge < -0.3 is 4.74 Å². The number of benzene rings is 1. The van der Waals surface area contributed by atoms with Gasteiger partial charge in [-0.3, -0.25) is 0 Å². The maximum absolute atomic E-state index is 5.31. The topological polar surface area (TPSA) is 47.9 Å². The first-order chi connectivity index (χ1) is 10.7. The van der Waals surface area contributed by atoms with Gasteiger partial charge in [-0.25, -0.2) is 9.97 Å². The average Bonchev–Trinajstić information content (AvgIpc) is 2.55. The molecule has 22 heavy (non-hydrogen) atoms. The lowest BCUT2D eigenvalue weighted by Gasteiger charge is -2.07. The maximum atomic E-state index is 5.31. The van der Waals surface area contributed by atoms with E-state index in [9.17, 15) is 0 Å². The van der Waals surface area contributed by atoms with E-state index in [1.807, 2.05) is 49.4 Å². The Hall–Kier alpha value is -2.75. The van der Waals surface area contributed by atoms with Crippen molar-refractivity contribution in [1.29, 1.82) is 0 Å². The number of pyridine rings is 1. The summed E-state index contributed by atoms with van der Waals surface area (Å²) in [6.07, 6.45) is 0.735. The number of nitrogens with zero attached hydrogens (tertiary/aromatic N) is 3. The van der Waals surface area contributed by atoms with Crippen molar-refractivity contribution in [2.24, 2.45) is 0 Å². The van der Waals surface area contributed by atoms with Crippen LogP contribution in [0.25, 0.3) is 11.5 Å². The van der Waals surface area contributed by atoms with Gasteiger partial charge in [0, 0.05) is 18.2 Å². The number of rotatable bonds is 4. The van der Waals surface area contributed by atoms with Gasteiger partial charge in [0.2, 0.25) is 5.88 Å². The molecule has 2 aromatic heterocycles. The van der Waals surface area contributed by atoms with E-state index < -0.39 is 0 Å². The minimum atomic E-state index is 0.555. The number of ether oxygens (including phenoxy) is 1. The molecule has 0 N–H and O–H groups in total. The highest BCUT2D eigenvalue weighted by Crippen LogP contribution is 2.19. The zero-order valence-electron chi connectivity index (χ0n) is 12.7. The minimum Gasteiger partial charge on any atom is -0.481 e. The van der Waals surface area contributed by atoms with Crippen LogP contribution in [0.1, 0.15) is 17.0 Å². The zero-order valence-corrected chi connectivity index (χ0v) is 12.7. The van der Waals surface area contributed by atoms with E-state index in [-0.39, 0.29) is 0 Å². The van der Waals surface area contributed by atoms with Crippen molar-refractivity contribution < 1.29 is 4.74 Å². The summed E-state index contributed by atoms with van der Waals surface area (Å²) in [4.78, 5) is 13.5. The predicted octanol–water partition coefficient (Wildman–Crippen LogP) is 3.45. The second-order valence-corrected chi connectivity index (χ2v) is 5.05. The SMILES string of the molecule is COc1cc(Cc2ccccc2)nc(-c2cccc(C)n2)n1. The van der Waals surface area contributed by atoms with E-state index in [1.54, 1.807) is 7.11 Å². The largest absolute Gasteiger partial charge is 0.481 e. The Morgan fingerprint density at radius 2 is 1.73 bits per heavy atom. The fraction of sp³-hybridized carbons (Fsp3) is 0.167. The van der Waals surface area contributed by atoms with Crippen molar-refractivity contribution in [3.8, 4) is 17.4 Å². The molecule has 0 saturated heterocycles. The van der Waals surface area contributed by atoms with Crippen LogP contribution in [0.2, 0.25) is 0 Å². The molecule has 0 aliphatic heterocycles. The van der Waals surface area contributed by atoms with Crippen molar-refractivity contribution in [3.63, 3.8) is 0 Å². The highest BCUT2D eigenvalue weighted by Gasteiger charge is 2.09. The Balaban J connectivity index is 1.99. The lowest BCUT2D eigenvalue weighted by Crippen LogP contribution is -2.01. The van der Waals surface area contributed by atoms with Crippen LogP contribution in [0.15, 0.2) is 54.6 Å². The third-order valence-electron chi connectivity index (χ3n) is 3.31. The Labute approximate surface area is 129 Å². The monoisotopic (exact) mass is 291 g/mol. The van der Waals surface area contributed by atoms with E-state index in [0.29, 0.717) is 11.7 Å². The molecule has 2 heterocycles. The van der Waals surface area contributed by atoms with Gasteiger partial charge in [-0.1, -0.05) is 36.4 Å². The molecule has 0 aliphatic rings. The van der Waals surface area contributed by atoms with Crippen molar-refractivity contribution in [1.82, 2.24) is 15.0 Å². The minimum absolute atomic E-state index is 0.555. The van der Waals surface area contributed by atoms with E-state index in [0.717, 1.165) is 23.5 Å². The number of hydrogen-bond donors (Lipinski definition) is 0. The molecule has 3 aromatic rings. The third kappa shape index (κ3) is 3.28. The summed E-state index contributed by atoms with van der Waals surface area (Å²) >= 11 is 0. The van der Waals surface area contributed by atoms with Gasteiger partial charge in [-0.05, 0) is 24.6 Å². The summed E-state index contributed by atoms with van der Waals surface area (Å²) < 4.78 is 5.31. The van der Waals surface area contributed by atoms with Gasteiger partial charge in [-0.15, -0.1) is 0 Å². The molecule has 0 spiro atoms. The van der Waals surface area contributed by atoms with Crippen LogP contribution in [-0.4, -0.2) is 22.1 Å². The summed E-state index contributed by atoms with van der Waals surface area (Å²) in [6.45, 7) is 1.95. The molecule has 0 unspecified atom stereocenters. The Morgan fingerprint density at radius 3 is 2.45 bits per heavy atom. The Bertz CT molecular complexity index is 772. The van der Waals surface area contributed by atoms with Gasteiger partial charge in [0.15, 0.2) is 5.82 Å². The highest BCUT2D eigenvalue weighted by molar-refractivity contribution is 5.50. The fourth-order valence-electron chi connectivity index (χ4n) is 2.25. The smallest absolute Gasteiger partial charge is 0.216 e. The van der Waals surface area contributed by atoms with Crippen LogP contribution in [0.4, 0.5) is 0 Å². The number of aromatic nitrogens is 3. The van der Waals surface area contributed by atoms with Gasteiger partial charge in [0.05, 0.1) is 12.8 Å². The molecule has 0 saturated carbocycles. The highest BCUT2D eigenvalue weighted by atomic mass is 16.5. The number of hydrogen-bond acceptors (Lipinski definition) is 4. The normalized spacial score (nSPS) is 10.5. The molecule has 4 heteroatoms. The van der Waals surface area contributed by atoms with Gasteiger partial charge >= 0.3 is 0 Å². The molecule has 110 valence electrons. The van der Waals surface area contributed by atoms with Crippen LogP contribution in [0.5, 0.6) is 5.88 Å². The van der Waals surface area contributed by atoms with Crippen molar-refractivity contribution in [2.45, 2.75) is 13.3 Å². The summed E-state index contributed by atoms with van der Waals surface area (Å²) in [5.41, 5.74) is 3.81. The van der Waals surface area contributed by atoms with E-state index >= 15 is 0 Å². The molecule has 0 atom stereocenters. The summed E-state index contributed by atoms with van der Waals surface area (Å²) in [7, 11) is 1.61. The van der Waals surface area contributed by atoms with Gasteiger partial charge in [0.1, 0.15) is 5.69 Å². The molecular formula is C18H17N3O. The molecule has 0 amide bonds. The van der Waals surface area contributed by atoms with Crippen LogP contribution in [0.3, 0.4) is 0 Å². The van der Waals surface area contributed by atoms with E-state index in [4.69, 9.17) is 4.74 Å². The van der Waals surface area contributed by atoms with Crippen LogP contribution < -0.4 is 4.74 Å². The van der Waals surface area contributed by atoms with Crippen LogP contribution in [-0.2, 0) is 6.42 Å². The zero-order chi connectivity index (χ0) is 15.4. The number of aryl methyl sites for hydroxylation is 1. The summed E-state index contributed by atoms with van der Waals surface area (Å²) in [5, 5.41) is 0. The molecule has 4 nitrogen and oxygen atoms in total. The molecule has 1 aromatic carbocycles. The summed E-state index contributed by atoms with van der Waals surface area (Å²) in [5.74, 6) is 1.15. The van der Waals surface area contributed by atoms with Crippen molar-refractivity contribution in [2.75, 3.05) is 7.11 Å². The van der Waals surface area contributed by atoms with Gasteiger partial charge in [-0.2, -0.15) is 4.98 Å². The first-order valence-corrected chi connectivity index (χ1v) is 7.14. The lowest BCUT2D eigenvalue weighted by atomic mass is 10.1. The average molecular weight is 291 g/mol. The molecular weight excluding hydrogens is 274 g/mol. The molecule has 3 rings (SSSR count). The first-order valence-electron chi connectivity index (χ1n) is 7.14. The van der Waals surface area contributed by atoms with Crippen LogP contribution >= 0.6 is 0 Å². The summed E-state index contributed by atoms with van der Waals surface area (Å²) in [6, 6.07) is 17.9. The molecule has 0 radical (unpaired) electrons. The third-order valence-corrected chi connectivity index (χ3v) is 3.31. The first kappa shape index (κ1) is 14.2. The molecule has 0 fully saturated rings. The van der Waals surface area contributed by atoms with E-state index in [1.165, 1.54) is 5.56 Å². The quantitative estimate of drug-likeness (QED) is 0.738. The molecule has 0 aliphatic carbocycles. The predicted molar refractivity (Wildman–Crippen MR) is 85.8 cm³/mol. The maximum Gasteiger partial charge on any atom is 0.216 e. The van der Waals surface area contributed by atoms with Crippen molar-refractivity contribution in [3.05, 3.63) is 71.5 Å². The fourth-order valence-corrected chi connectivity index (χ4v) is 2.25. The van der Waals surface area contributed by atoms with Crippen LogP contribution in [0, 0.1) is 6.92 Å². The number of methoxy groups -OCH3 is 1. The Kier molecular flexibility index (Phi) is 4.10. The van der Waals surface area contributed by atoms with E-state index in [2.05, 4.69) is 27.1 Å². The van der Waals surface area contributed by atoms with Crippen molar-refractivity contribution >= 4 is 0 Å². The second-order valence-electron chi connectivity index (χ2n) is 5.05. The van der Waals surface area contributed by atoms with Gasteiger partial charge in [0.25, 0.3) is 0 Å². The molecule has 0 bridgehead atoms. The Morgan fingerprint density at radius 1 is 0.909 bits per heavy atom. The second kappa shape index (κ2) is 6.35.